The molecule has 3 nitrogen and oxygen atoms in total. The number of nitrogens with zero attached hydrogens (tertiary/aromatic N) is 3. The molecule has 0 fully saturated rings. The minimum atomic E-state index is 0.157. The third kappa shape index (κ3) is 4.33. The van der Waals surface area contributed by atoms with Gasteiger partial charge in [-0.05, 0) is 28.7 Å². The number of thioether (sulfide) groups is 1. The largest absolute Gasteiger partial charge is 0.305 e. The topological polar surface area (TPSA) is 30.7 Å². The lowest BCUT2D eigenvalue weighted by Gasteiger charge is -2.19. The van der Waals surface area contributed by atoms with Crippen molar-refractivity contribution in [3.05, 3.63) is 64.1 Å². The minimum Gasteiger partial charge on any atom is -0.305 e. The van der Waals surface area contributed by atoms with Crippen LogP contribution >= 0.6 is 27.7 Å². The molecule has 0 bridgehead atoms. The molecular formula is C20H22BrN3S. The lowest BCUT2D eigenvalue weighted by molar-refractivity contribution is 0.590. The van der Waals surface area contributed by atoms with Crippen LogP contribution in [-0.4, -0.2) is 14.8 Å². The molecule has 0 aliphatic rings. The Bertz CT molecular complexity index is 846. The van der Waals surface area contributed by atoms with Crippen molar-refractivity contribution >= 4 is 27.7 Å². The maximum atomic E-state index is 4.39. The Morgan fingerprint density at radius 3 is 2.20 bits per heavy atom. The second-order valence-electron chi connectivity index (χ2n) is 7.11. The second-order valence-corrected chi connectivity index (χ2v) is 8.97. The van der Waals surface area contributed by atoms with E-state index in [-0.39, 0.29) is 5.41 Å². The molecule has 0 amide bonds. The highest BCUT2D eigenvalue weighted by Gasteiger charge is 2.15. The summed E-state index contributed by atoms with van der Waals surface area (Å²) in [6.45, 7) is 6.67. The van der Waals surface area contributed by atoms with E-state index >= 15 is 0 Å². The van der Waals surface area contributed by atoms with Crippen molar-refractivity contribution in [1.82, 2.24) is 14.8 Å². The second kappa shape index (κ2) is 7.34. The van der Waals surface area contributed by atoms with E-state index in [1.807, 2.05) is 7.05 Å². The molecule has 130 valence electrons. The molecule has 0 aliphatic carbocycles. The zero-order chi connectivity index (χ0) is 18.0. The van der Waals surface area contributed by atoms with Crippen molar-refractivity contribution in [2.45, 2.75) is 37.1 Å². The van der Waals surface area contributed by atoms with E-state index in [1.54, 1.807) is 11.8 Å². The molecule has 0 spiro atoms. The van der Waals surface area contributed by atoms with Gasteiger partial charge in [-0.2, -0.15) is 0 Å². The summed E-state index contributed by atoms with van der Waals surface area (Å²) in [4.78, 5) is 0. The number of halogens is 1. The fraction of sp³-hybridized carbons (Fsp3) is 0.300. The fourth-order valence-electron chi connectivity index (χ4n) is 2.54. The molecule has 3 aromatic rings. The molecule has 1 heterocycles. The Labute approximate surface area is 162 Å². The Morgan fingerprint density at radius 1 is 0.960 bits per heavy atom. The molecule has 0 saturated carbocycles. The van der Waals surface area contributed by atoms with E-state index in [4.69, 9.17) is 0 Å². The van der Waals surface area contributed by atoms with E-state index in [0.29, 0.717) is 0 Å². The highest BCUT2D eigenvalue weighted by molar-refractivity contribution is 9.10. The van der Waals surface area contributed by atoms with Crippen molar-refractivity contribution in [2.75, 3.05) is 0 Å². The van der Waals surface area contributed by atoms with E-state index < -0.39 is 0 Å². The first-order valence-electron chi connectivity index (χ1n) is 8.22. The molecule has 1 aromatic heterocycles. The van der Waals surface area contributed by atoms with E-state index in [0.717, 1.165) is 26.8 Å². The minimum absolute atomic E-state index is 0.157. The third-order valence-electron chi connectivity index (χ3n) is 4.13. The number of benzene rings is 2. The van der Waals surface area contributed by atoms with Crippen molar-refractivity contribution < 1.29 is 0 Å². The zero-order valence-electron chi connectivity index (χ0n) is 15.0. The van der Waals surface area contributed by atoms with E-state index in [2.05, 4.69) is 100.0 Å². The van der Waals surface area contributed by atoms with E-state index in [1.165, 1.54) is 11.1 Å². The summed E-state index contributed by atoms with van der Waals surface area (Å²) in [5, 5.41) is 9.68. The van der Waals surface area contributed by atoms with Crippen LogP contribution in [0.1, 0.15) is 31.9 Å². The van der Waals surface area contributed by atoms with Gasteiger partial charge in [-0.25, -0.2) is 0 Å². The predicted molar refractivity (Wildman–Crippen MR) is 109 cm³/mol. The maximum Gasteiger partial charge on any atom is 0.191 e. The highest BCUT2D eigenvalue weighted by Crippen LogP contribution is 2.28. The van der Waals surface area contributed by atoms with Gasteiger partial charge in [0.15, 0.2) is 11.0 Å². The van der Waals surface area contributed by atoms with Crippen molar-refractivity contribution in [1.29, 1.82) is 0 Å². The van der Waals surface area contributed by atoms with Crippen LogP contribution in [0, 0.1) is 0 Å². The van der Waals surface area contributed by atoms with Crippen molar-refractivity contribution in [2.24, 2.45) is 7.05 Å². The molecule has 0 unspecified atom stereocenters. The van der Waals surface area contributed by atoms with Gasteiger partial charge in [-0.15, -0.1) is 10.2 Å². The molecule has 0 saturated heterocycles. The third-order valence-corrected chi connectivity index (χ3v) is 5.75. The molecule has 25 heavy (non-hydrogen) atoms. The maximum absolute atomic E-state index is 4.39. The van der Waals surface area contributed by atoms with Crippen LogP contribution in [0.4, 0.5) is 0 Å². The average molecular weight is 416 g/mol. The molecule has 0 N–H and O–H groups in total. The molecule has 3 rings (SSSR count). The summed E-state index contributed by atoms with van der Waals surface area (Å²) in [7, 11) is 2.02. The first kappa shape index (κ1) is 18.2. The molecular weight excluding hydrogens is 394 g/mol. The summed E-state index contributed by atoms with van der Waals surface area (Å²) >= 11 is 5.17. The number of hydrogen-bond acceptors (Lipinski definition) is 3. The summed E-state index contributed by atoms with van der Waals surface area (Å²) < 4.78 is 3.16. The quantitative estimate of drug-likeness (QED) is 0.501. The van der Waals surface area contributed by atoms with Crippen molar-refractivity contribution in [3.63, 3.8) is 0 Å². The van der Waals surface area contributed by atoms with Crippen LogP contribution in [0.5, 0.6) is 0 Å². The number of aromatic nitrogens is 3. The van der Waals surface area contributed by atoms with Crippen LogP contribution in [0.3, 0.4) is 0 Å². The van der Waals surface area contributed by atoms with Gasteiger partial charge in [0.05, 0.1) is 0 Å². The van der Waals surface area contributed by atoms with Gasteiger partial charge in [0, 0.05) is 22.8 Å². The Balaban J connectivity index is 1.75. The lowest BCUT2D eigenvalue weighted by Crippen LogP contribution is -2.10. The Hall–Kier alpha value is -1.59. The van der Waals surface area contributed by atoms with Crippen LogP contribution in [-0.2, 0) is 18.2 Å². The Morgan fingerprint density at radius 2 is 1.60 bits per heavy atom. The monoisotopic (exact) mass is 415 g/mol. The molecule has 0 radical (unpaired) electrons. The van der Waals surface area contributed by atoms with Gasteiger partial charge < -0.3 is 4.57 Å². The summed E-state index contributed by atoms with van der Waals surface area (Å²) in [5.41, 5.74) is 3.85. The van der Waals surface area contributed by atoms with Crippen LogP contribution in [0.2, 0.25) is 0 Å². The molecule has 0 aliphatic heterocycles. The van der Waals surface area contributed by atoms with Crippen molar-refractivity contribution in [3.8, 4) is 11.4 Å². The summed E-state index contributed by atoms with van der Waals surface area (Å²) in [5.74, 6) is 1.78. The highest BCUT2D eigenvalue weighted by atomic mass is 79.9. The standard InChI is InChI=1S/C20H22BrN3S/c1-20(2,3)16-9-7-15(8-10-16)18-22-23-19(24(18)4)25-13-14-5-11-17(21)12-6-14/h5-12H,13H2,1-4H3. The number of hydrogen-bond donors (Lipinski definition) is 0. The van der Waals surface area contributed by atoms with Gasteiger partial charge in [0.25, 0.3) is 0 Å². The molecule has 5 heteroatoms. The zero-order valence-corrected chi connectivity index (χ0v) is 17.4. The molecule has 2 aromatic carbocycles. The smallest absolute Gasteiger partial charge is 0.191 e. The first-order valence-corrected chi connectivity index (χ1v) is 10.00. The Kier molecular flexibility index (Phi) is 5.35. The normalized spacial score (nSPS) is 11.7. The van der Waals surface area contributed by atoms with Gasteiger partial charge >= 0.3 is 0 Å². The van der Waals surface area contributed by atoms with Crippen LogP contribution in [0.25, 0.3) is 11.4 Å². The van der Waals surface area contributed by atoms with Crippen LogP contribution < -0.4 is 0 Å². The first-order chi connectivity index (χ1) is 11.8. The predicted octanol–water partition coefficient (Wildman–Crippen LogP) is 5.83. The SMILES string of the molecule is Cn1c(SCc2ccc(Br)cc2)nnc1-c1ccc(C(C)(C)C)cc1. The molecule has 0 atom stereocenters. The van der Waals surface area contributed by atoms with Gasteiger partial charge in [-0.3, -0.25) is 0 Å². The average Bonchev–Trinajstić information content (AvgIpc) is 2.94. The summed E-state index contributed by atoms with van der Waals surface area (Å²) in [6, 6.07) is 17.0. The van der Waals surface area contributed by atoms with E-state index in [9.17, 15) is 0 Å². The van der Waals surface area contributed by atoms with Gasteiger partial charge in [0.2, 0.25) is 0 Å². The summed E-state index contributed by atoms with van der Waals surface area (Å²) in [6.07, 6.45) is 0. The lowest BCUT2D eigenvalue weighted by atomic mass is 9.87. The van der Waals surface area contributed by atoms with Gasteiger partial charge in [0.1, 0.15) is 0 Å². The number of rotatable bonds is 4. The van der Waals surface area contributed by atoms with Crippen LogP contribution in [0.15, 0.2) is 58.2 Å². The fourth-order valence-corrected chi connectivity index (χ4v) is 3.67. The van der Waals surface area contributed by atoms with Gasteiger partial charge in [-0.1, -0.05) is 84.9 Å².